The van der Waals surface area contributed by atoms with Crippen LogP contribution in [0.3, 0.4) is 0 Å². The molecule has 0 aliphatic heterocycles. The lowest BCUT2D eigenvalue weighted by molar-refractivity contribution is -0.120. The average molecular weight is 382 g/mol. The smallest absolute Gasteiger partial charge is 0.249 e. The summed E-state index contributed by atoms with van der Waals surface area (Å²) in [6.45, 7) is 0. The molecule has 6 nitrogen and oxygen atoms in total. The van der Waals surface area contributed by atoms with Crippen LogP contribution < -0.4 is 11.1 Å². The molecule has 3 N–H and O–H groups in total. The Morgan fingerprint density at radius 3 is 2.59 bits per heavy atom. The van der Waals surface area contributed by atoms with E-state index in [4.69, 9.17) is 5.73 Å². The van der Waals surface area contributed by atoms with Gasteiger partial charge in [-0.05, 0) is 25.0 Å². The SMILES string of the molecule is N#CC1(NC(=O)CSc2cc(C(N)=O)c3ccccc3n2)CCCCCC1. The topological polar surface area (TPSA) is 109 Å². The van der Waals surface area contributed by atoms with Crippen LogP contribution in [0.25, 0.3) is 10.9 Å². The quantitative estimate of drug-likeness (QED) is 0.610. The van der Waals surface area contributed by atoms with Crippen molar-refractivity contribution in [3.8, 4) is 6.07 Å². The Kier molecular flexibility index (Phi) is 5.97. The lowest BCUT2D eigenvalue weighted by atomic mass is 9.92. The lowest BCUT2D eigenvalue weighted by Crippen LogP contribution is -2.47. The van der Waals surface area contributed by atoms with Gasteiger partial charge in [-0.2, -0.15) is 5.26 Å². The fourth-order valence-corrected chi connectivity index (χ4v) is 4.18. The Morgan fingerprint density at radius 1 is 1.22 bits per heavy atom. The standard InChI is InChI=1S/C20H22N4O2S/c21-13-20(9-5-1-2-6-10-20)24-17(25)12-27-18-11-15(19(22)26)14-7-3-4-8-16(14)23-18/h3-4,7-8,11H,1-2,5-6,9-10,12H2,(H2,22,26)(H,24,25). The number of nitrogens with zero attached hydrogens (tertiary/aromatic N) is 2. The number of nitrogens with two attached hydrogens (primary N) is 1. The van der Waals surface area contributed by atoms with Crippen LogP contribution in [0.2, 0.25) is 0 Å². The van der Waals surface area contributed by atoms with E-state index in [9.17, 15) is 14.9 Å². The molecule has 1 aromatic carbocycles. The molecule has 1 saturated carbocycles. The molecule has 3 rings (SSSR count). The van der Waals surface area contributed by atoms with Gasteiger partial charge in [0, 0.05) is 5.39 Å². The molecule has 1 fully saturated rings. The molecule has 27 heavy (non-hydrogen) atoms. The highest BCUT2D eigenvalue weighted by Crippen LogP contribution is 2.28. The maximum absolute atomic E-state index is 12.4. The van der Waals surface area contributed by atoms with Crippen LogP contribution in [0.4, 0.5) is 0 Å². The van der Waals surface area contributed by atoms with Gasteiger partial charge in [0.1, 0.15) is 5.54 Å². The summed E-state index contributed by atoms with van der Waals surface area (Å²) in [7, 11) is 0. The molecule has 1 aromatic heterocycles. The molecule has 1 heterocycles. The Morgan fingerprint density at radius 2 is 1.93 bits per heavy atom. The summed E-state index contributed by atoms with van der Waals surface area (Å²) >= 11 is 1.24. The molecule has 2 amide bonds. The molecule has 0 atom stereocenters. The van der Waals surface area contributed by atoms with E-state index in [1.807, 2.05) is 18.2 Å². The number of carbonyl (C=O) groups is 2. The third-order valence-corrected chi connectivity index (χ3v) is 5.77. The summed E-state index contributed by atoms with van der Waals surface area (Å²) < 4.78 is 0. The van der Waals surface area contributed by atoms with E-state index in [-0.39, 0.29) is 11.7 Å². The predicted octanol–water partition coefficient (Wildman–Crippen LogP) is 3.16. The maximum atomic E-state index is 12.4. The first-order chi connectivity index (χ1) is 13.0. The van der Waals surface area contributed by atoms with Crippen molar-refractivity contribution in [2.24, 2.45) is 5.73 Å². The van der Waals surface area contributed by atoms with Crippen molar-refractivity contribution in [3.63, 3.8) is 0 Å². The molecule has 1 aliphatic carbocycles. The Labute approximate surface area is 162 Å². The number of pyridine rings is 1. The number of thioether (sulfide) groups is 1. The van der Waals surface area contributed by atoms with Crippen molar-refractivity contribution < 1.29 is 9.59 Å². The van der Waals surface area contributed by atoms with Crippen LogP contribution in [0.15, 0.2) is 35.4 Å². The van der Waals surface area contributed by atoms with Crippen molar-refractivity contribution >= 4 is 34.5 Å². The molecule has 0 spiro atoms. The van der Waals surface area contributed by atoms with Crippen molar-refractivity contribution in [2.45, 2.75) is 49.1 Å². The summed E-state index contributed by atoms with van der Waals surface area (Å²) in [4.78, 5) is 28.7. The Bertz CT molecular complexity index is 898. The number of rotatable bonds is 5. The van der Waals surface area contributed by atoms with E-state index in [0.29, 0.717) is 34.3 Å². The van der Waals surface area contributed by atoms with Crippen molar-refractivity contribution in [1.29, 1.82) is 5.26 Å². The molecule has 7 heteroatoms. The number of amides is 2. The van der Waals surface area contributed by atoms with Gasteiger partial charge in [-0.15, -0.1) is 0 Å². The molecule has 2 aromatic rings. The molecule has 140 valence electrons. The fourth-order valence-electron chi connectivity index (χ4n) is 3.47. The van der Waals surface area contributed by atoms with Gasteiger partial charge in [0.05, 0.1) is 27.9 Å². The first-order valence-corrected chi connectivity index (χ1v) is 10.1. The highest BCUT2D eigenvalue weighted by atomic mass is 32.2. The maximum Gasteiger partial charge on any atom is 0.249 e. The van der Waals surface area contributed by atoms with Crippen LogP contribution in [0, 0.1) is 11.3 Å². The van der Waals surface area contributed by atoms with Crippen LogP contribution >= 0.6 is 11.8 Å². The minimum absolute atomic E-state index is 0.132. The zero-order valence-corrected chi connectivity index (χ0v) is 15.8. The Hall–Kier alpha value is -2.59. The number of nitriles is 1. The second-order valence-electron chi connectivity index (χ2n) is 6.83. The van der Waals surface area contributed by atoms with E-state index in [2.05, 4.69) is 16.4 Å². The molecule has 0 unspecified atom stereocenters. The molecule has 0 bridgehead atoms. The number of benzene rings is 1. The van der Waals surface area contributed by atoms with Gasteiger partial charge in [0.25, 0.3) is 0 Å². The zero-order valence-electron chi connectivity index (χ0n) is 15.0. The van der Waals surface area contributed by atoms with Gasteiger partial charge in [0.15, 0.2) is 0 Å². The average Bonchev–Trinajstić information content (AvgIpc) is 2.91. The molecular formula is C20H22N4O2S. The van der Waals surface area contributed by atoms with Crippen LogP contribution in [0.1, 0.15) is 48.9 Å². The number of nitrogens with one attached hydrogen (secondary N) is 1. The van der Waals surface area contributed by atoms with E-state index in [0.717, 1.165) is 25.7 Å². The summed E-state index contributed by atoms with van der Waals surface area (Å²) in [5.74, 6) is -0.590. The highest BCUT2D eigenvalue weighted by Gasteiger charge is 2.32. The van der Waals surface area contributed by atoms with E-state index >= 15 is 0 Å². The number of hydrogen-bond donors (Lipinski definition) is 2. The van der Waals surface area contributed by atoms with E-state index in [1.165, 1.54) is 11.8 Å². The minimum atomic E-state index is -0.761. The lowest BCUT2D eigenvalue weighted by Gasteiger charge is -2.26. The minimum Gasteiger partial charge on any atom is -0.366 e. The summed E-state index contributed by atoms with van der Waals surface area (Å²) in [5.41, 5.74) is 5.78. The zero-order chi connectivity index (χ0) is 19.3. The first kappa shape index (κ1) is 19.2. The third-order valence-electron chi connectivity index (χ3n) is 4.86. The predicted molar refractivity (Wildman–Crippen MR) is 105 cm³/mol. The highest BCUT2D eigenvalue weighted by molar-refractivity contribution is 7.99. The largest absolute Gasteiger partial charge is 0.366 e. The fraction of sp³-hybridized carbons (Fsp3) is 0.400. The van der Waals surface area contributed by atoms with Gasteiger partial charge in [-0.3, -0.25) is 9.59 Å². The van der Waals surface area contributed by atoms with Gasteiger partial charge < -0.3 is 11.1 Å². The van der Waals surface area contributed by atoms with E-state index in [1.54, 1.807) is 12.1 Å². The molecule has 1 aliphatic rings. The van der Waals surface area contributed by atoms with Crippen LogP contribution in [0.5, 0.6) is 0 Å². The number of para-hydroxylation sites is 1. The van der Waals surface area contributed by atoms with Crippen molar-refractivity contribution in [3.05, 3.63) is 35.9 Å². The summed E-state index contributed by atoms with van der Waals surface area (Å²) in [6, 6.07) is 11.2. The van der Waals surface area contributed by atoms with Crippen LogP contribution in [-0.4, -0.2) is 28.1 Å². The van der Waals surface area contributed by atoms with Crippen molar-refractivity contribution in [1.82, 2.24) is 10.3 Å². The van der Waals surface area contributed by atoms with E-state index < -0.39 is 11.4 Å². The number of hydrogen-bond acceptors (Lipinski definition) is 5. The number of aromatic nitrogens is 1. The molecule has 0 saturated heterocycles. The first-order valence-electron chi connectivity index (χ1n) is 9.08. The van der Waals surface area contributed by atoms with Crippen LogP contribution in [-0.2, 0) is 4.79 Å². The summed E-state index contributed by atoms with van der Waals surface area (Å²) in [5, 5.41) is 13.8. The molecular weight excluding hydrogens is 360 g/mol. The van der Waals surface area contributed by atoms with Gasteiger partial charge >= 0.3 is 0 Å². The second kappa shape index (κ2) is 8.40. The monoisotopic (exact) mass is 382 g/mol. The van der Waals surface area contributed by atoms with Gasteiger partial charge in [0.2, 0.25) is 11.8 Å². The van der Waals surface area contributed by atoms with Crippen molar-refractivity contribution in [2.75, 3.05) is 5.75 Å². The summed E-state index contributed by atoms with van der Waals surface area (Å²) in [6.07, 6.45) is 5.50. The molecule has 0 radical (unpaired) electrons. The van der Waals surface area contributed by atoms with Gasteiger partial charge in [-0.1, -0.05) is 55.6 Å². The normalized spacial score (nSPS) is 16.3. The number of carbonyl (C=O) groups excluding carboxylic acids is 2. The Balaban J connectivity index is 1.71. The third kappa shape index (κ3) is 4.58. The second-order valence-corrected chi connectivity index (χ2v) is 7.83. The van der Waals surface area contributed by atoms with Gasteiger partial charge in [-0.25, -0.2) is 4.98 Å². The number of fused-ring (bicyclic) bond motifs is 1. The number of primary amides is 1.